The summed E-state index contributed by atoms with van der Waals surface area (Å²) in [5.74, 6) is 0.0190. The van der Waals surface area contributed by atoms with Gasteiger partial charge in [-0.3, -0.25) is 9.59 Å². The van der Waals surface area contributed by atoms with E-state index >= 15 is 0 Å². The van der Waals surface area contributed by atoms with E-state index in [0.717, 1.165) is 32.4 Å². The van der Waals surface area contributed by atoms with E-state index in [0.29, 0.717) is 26.1 Å². The van der Waals surface area contributed by atoms with Crippen molar-refractivity contribution in [3.8, 4) is 0 Å². The van der Waals surface area contributed by atoms with E-state index in [1.54, 1.807) is 7.11 Å². The Hall–Kier alpha value is -1.14. The molecule has 6 nitrogen and oxygen atoms in total. The maximum atomic E-state index is 12.3. The third-order valence-corrected chi connectivity index (χ3v) is 3.72. The fraction of sp³-hybridized carbons (Fsp3) is 0.857. The third kappa shape index (κ3) is 5.09. The van der Waals surface area contributed by atoms with Gasteiger partial charge in [-0.05, 0) is 19.4 Å². The number of methoxy groups -OCH3 is 1. The maximum Gasteiger partial charge on any atom is 0.227 e. The van der Waals surface area contributed by atoms with Gasteiger partial charge in [-0.2, -0.15) is 0 Å². The molecule has 3 N–H and O–H groups in total. The molecular weight excluding hydrogens is 258 g/mol. The van der Waals surface area contributed by atoms with E-state index in [-0.39, 0.29) is 17.2 Å². The molecule has 0 aliphatic carbocycles. The second-order valence-corrected chi connectivity index (χ2v) is 5.31. The smallest absolute Gasteiger partial charge is 0.227 e. The maximum absolute atomic E-state index is 12.3. The third-order valence-electron chi connectivity index (χ3n) is 3.72. The van der Waals surface area contributed by atoms with E-state index in [4.69, 9.17) is 4.74 Å². The molecule has 0 saturated carbocycles. The molecule has 0 spiro atoms. The Balaban J connectivity index is 2.26. The Kier molecular flexibility index (Phi) is 7.54. The lowest BCUT2D eigenvalue weighted by atomic mass is 9.81. The van der Waals surface area contributed by atoms with Crippen LogP contribution in [0.2, 0.25) is 0 Å². The second kappa shape index (κ2) is 8.92. The molecule has 1 fully saturated rings. The largest absolute Gasteiger partial charge is 0.383 e. The van der Waals surface area contributed by atoms with Gasteiger partial charge in [0.1, 0.15) is 0 Å². The summed E-state index contributed by atoms with van der Waals surface area (Å²) in [7, 11) is 1.59. The first-order valence-corrected chi connectivity index (χ1v) is 7.39. The Bertz CT molecular complexity index is 315. The van der Waals surface area contributed by atoms with Gasteiger partial charge >= 0.3 is 0 Å². The van der Waals surface area contributed by atoms with Gasteiger partial charge in [-0.25, -0.2) is 0 Å². The predicted octanol–water partition coefficient (Wildman–Crippen LogP) is 0.0351. The van der Waals surface area contributed by atoms with Crippen LogP contribution in [0.4, 0.5) is 0 Å². The summed E-state index contributed by atoms with van der Waals surface area (Å²) in [5, 5.41) is 8.89. The van der Waals surface area contributed by atoms with Gasteiger partial charge in [-0.1, -0.05) is 13.3 Å². The zero-order chi connectivity index (χ0) is 14.8. The molecular formula is C14H27N3O3. The van der Waals surface area contributed by atoms with Gasteiger partial charge in [0.05, 0.1) is 12.0 Å². The summed E-state index contributed by atoms with van der Waals surface area (Å²) >= 11 is 0. The quantitative estimate of drug-likeness (QED) is 0.522. The molecule has 0 aromatic heterocycles. The van der Waals surface area contributed by atoms with Gasteiger partial charge in [0.2, 0.25) is 11.8 Å². The Morgan fingerprint density at radius 1 is 1.30 bits per heavy atom. The van der Waals surface area contributed by atoms with Gasteiger partial charge in [0.15, 0.2) is 0 Å². The average molecular weight is 285 g/mol. The number of carbonyl (C=O) groups excluding carboxylic acids is 2. The van der Waals surface area contributed by atoms with Crippen molar-refractivity contribution in [1.29, 1.82) is 0 Å². The highest BCUT2D eigenvalue weighted by atomic mass is 16.5. The lowest BCUT2D eigenvalue weighted by Crippen LogP contribution is -2.43. The molecule has 1 unspecified atom stereocenters. The SMILES string of the molecule is CCCC1(C(=O)NCCC(=O)NCCOC)CCNC1. The van der Waals surface area contributed by atoms with Crippen LogP contribution < -0.4 is 16.0 Å². The van der Waals surface area contributed by atoms with Gasteiger partial charge < -0.3 is 20.7 Å². The van der Waals surface area contributed by atoms with Gasteiger partial charge in [0, 0.05) is 33.2 Å². The molecule has 1 aliphatic rings. The lowest BCUT2D eigenvalue weighted by Gasteiger charge is -2.26. The zero-order valence-corrected chi connectivity index (χ0v) is 12.6. The first kappa shape index (κ1) is 16.9. The van der Waals surface area contributed by atoms with Gasteiger partial charge in [0.25, 0.3) is 0 Å². The van der Waals surface area contributed by atoms with Crippen LogP contribution in [-0.2, 0) is 14.3 Å². The van der Waals surface area contributed by atoms with Crippen molar-refractivity contribution in [3.63, 3.8) is 0 Å². The van der Waals surface area contributed by atoms with Crippen LogP contribution in [0, 0.1) is 5.41 Å². The number of amides is 2. The minimum atomic E-state index is -0.277. The normalized spacial score (nSPS) is 21.7. The highest BCUT2D eigenvalue weighted by Crippen LogP contribution is 2.31. The fourth-order valence-corrected chi connectivity index (χ4v) is 2.60. The molecule has 6 heteroatoms. The lowest BCUT2D eigenvalue weighted by molar-refractivity contribution is -0.130. The molecule has 1 aliphatic heterocycles. The minimum Gasteiger partial charge on any atom is -0.383 e. The number of rotatable bonds is 9. The number of nitrogens with one attached hydrogen (secondary N) is 3. The molecule has 1 rings (SSSR count). The Labute approximate surface area is 121 Å². The van der Waals surface area contributed by atoms with E-state index in [9.17, 15) is 9.59 Å². The summed E-state index contributed by atoms with van der Waals surface area (Å²) in [6, 6.07) is 0. The first-order valence-electron chi connectivity index (χ1n) is 7.39. The van der Waals surface area contributed by atoms with Crippen LogP contribution >= 0.6 is 0 Å². The molecule has 0 aromatic rings. The molecule has 116 valence electrons. The van der Waals surface area contributed by atoms with Crippen molar-refractivity contribution in [2.75, 3.05) is 39.9 Å². The van der Waals surface area contributed by atoms with E-state index in [1.165, 1.54) is 0 Å². The van der Waals surface area contributed by atoms with Crippen LogP contribution in [0.1, 0.15) is 32.6 Å². The zero-order valence-electron chi connectivity index (χ0n) is 12.6. The standard InChI is InChI=1S/C14H27N3O3/c1-3-5-14(6-8-15-11-14)13(19)17-7-4-12(18)16-9-10-20-2/h15H,3-11H2,1-2H3,(H,16,18)(H,17,19). The highest BCUT2D eigenvalue weighted by molar-refractivity contribution is 5.84. The van der Waals surface area contributed by atoms with Crippen molar-refractivity contribution in [1.82, 2.24) is 16.0 Å². The van der Waals surface area contributed by atoms with Crippen molar-refractivity contribution in [2.24, 2.45) is 5.41 Å². The molecule has 0 bridgehead atoms. The first-order chi connectivity index (χ1) is 9.64. The summed E-state index contributed by atoms with van der Waals surface area (Å²) in [4.78, 5) is 23.8. The predicted molar refractivity (Wildman–Crippen MR) is 77.3 cm³/mol. The topological polar surface area (TPSA) is 79.5 Å². The monoisotopic (exact) mass is 285 g/mol. The minimum absolute atomic E-state index is 0.0589. The average Bonchev–Trinajstić information content (AvgIpc) is 2.89. The summed E-state index contributed by atoms with van der Waals surface area (Å²) in [6.45, 7) is 5.13. The van der Waals surface area contributed by atoms with E-state index in [1.807, 2.05) is 0 Å². The molecule has 0 aromatic carbocycles. The van der Waals surface area contributed by atoms with Crippen molar-refractivity contribution >= 4 is 11.8 Å². The van der Waals surface area contributed by atoms with E-state index < -0.39 is 0 Å². The highest BCUT2D eigenvalue weighted by Gasteiger charge is 2.39. The van der Waals surface area contributed by atoms with Crippen LogP contribution in [-0.4, -0.2) is 51.7 Å². The number of carbonyl (C=O) groups is 2. The molecule has 0 radical (unpaired) electrons. The number of hydrogen-bond acceptors (Lipinski definition) is 4. The molecule has 20 heavy (non-hydrogen) atoms. The fourth-order valence-electron chi connectivity index (χ4n) is 2.60. The summed E-state index contributed by atoms with van der Waals surface area (Å²) in [6.07, 6.45) is 3.08. The molecule has 1 heterocycles. The number of ether oxygens (including phenoxy) is 1. The Morgan fingerprint density at radius 2 is 2.10 bits per heavy atom. The number of hydrogen-bond donors (Lipinski definition) is 3. The van der Waals surface area contributed by atoms with Crippen molar-refractivity contribution in [2.45, 2.75) is 32.6 Å². The Morgan fingerprint density at radius 3 is 2.70 bits per heavy atom. The van der Waals surface area contributed by atoms with Crippen LogP contribution in [0.3, 0.4) is 0 Å². The molecule has 2 amide bonds. The van der Waals surface area contributed by atoms with Crippen molar-refractivity contribution in [3.05, 3.63) is 0 Å². The van der Waals surface area contributed by atoms with E-state index in [2.05, 4.69) is 22.9 Å². The van der Waals surface area contributed by atoms with Gasteiger partial charge in [-0.15, -0.1) is 0 Å². The molecule has 1 atom stereocenters. The second-order valence-electron chi connectivity index (χ2n) is 5.31. The molecule has 1 saturated heterocycles. The van der Waals surface area contributed by atoms with Crippen LogP contribution in [0.25, 0.3) is 0 Å². The summed E-state index contributed by atoms with van der Waals surface area (Å²) in [5.41, 5.74) is -0.277. The summed E-state index contributed by atoms with van der Waals surface area (Å²) < 4.78 is 4.85. The van der Waals surface area contributed by atoms with Crippen molar-refractivity contribution < 1.29 is 14.3 Å². The van der Waals surface area contributed by atoms with Crippen LogP contribution in [0.15, 0.2) is 0 Å². The van der Waals surface area contributed by atoms with Crippen LogP contribution in [0.5, 0.6) is 0 Å².